The molecule has 2 aliphatic carbocycles. The Morgan fingerprint density at radius 1 is 1.17 bits per heavy atom. The predicted molar refractivity (Wildman–Crippen MR) is 85.5 cm³/mol. The number of nitrogens with one attached hydrogen (secondary N) is 1. The van der Waals surface area contributed by atoms with Crippen molar-refractivity contribution in [1.29, 1.82) is 0 Å². The molecule has 0 spiro atoms. The number of hydrogen-bond donors (Lipinski definition) is 1. The van der Waals surface area contributed by atoms with E-state index in [0.717, 1.165) is 5.69 Å². The first-order chi connectivity index (χ1) is 11.3. The maximum atomic E-state index is 12.4. The maximum Gasteiger partial charge on any atom is 0.228 e. The second kappa shape index (κ2) is 6.10. The van der Waals surface area contributed by atoms with Gasteiger partial charge in [0.2, 0.25) is 5.91 Å². The van der Waals surface area contributed by atoms with Crippen molar-refractivity contribution in [2.24, 2.45) is 17.8 Å². The van der Waals surface area contributed by atoms with Crippen molar-refractivity contribution in [3.8, 4) is 0 Å². The number of carbonyl (C=O) groups is 1. The van der Waals surface area contributed by atoms with E-state index >= 15 is 0 Å². The number of nitrogens with zero attached hydrogens (tertiary/aromatic N) is 4. The zero-order valence-corrected chi connectivity index (χ0v) is 13.1. The Labute approximate surface area is 135 Å². The molecular weight excluding hydrogens is 290 g/mol. The molecule has 4 rings (SSSR count). The minimum Gasteiger partial charge on any atom is -0.323 e. The molecule has 1 N–H and O–H groups in total. The van der Waals surface area contributed by atoms with Crippen LogP contribution in [0, 0.1) is 17.8 Å². The largest absolute Gasteiger partial charge is 0.323 e. The molecule has 0 radical (unpaired) electrons. The lowest BCUT2D eigenvalue weighted by Crippen LogP contribution is -2.15. The smallest absolute Gasteiger partial charge is 0.228 e. The van der Waals surface area contributed by atoms with Gasteiger partial charge in [0.05, 0.1) is 11.9 Å². The molecule has 1 unspecified atom stereocenters. The molecule has 120 valence electrons. The van der Waals surface area contributed by atoms with Crippen molar-refractivity contribution >= 4 is 11.6 Å². The van der Waals surface area contributed by atoms with Crippen molar-refractivity contribution in [3.05, 3.63) is 36.7 Å². The summed E-state index contributed by atoms with van der Waals surface area (Å²) in [7, 11) is 0. The van der Waals surface area contributed by atoms with Gasteiger partial charge in [-0.05, 0) is 30.7 Å². The van der Waals surface area contributed by atoms with Gasteiger partial charge < -0.3 is 5.32 Å². The van der Waals surface area contributed by atoms with Gasteiger partial charge in [-0.3, -0.25) is 9.48 Å². The second-order valence-electron chi connectivity index (χ2n) is 6.57. The topological polar surface area (TPSA) is 72.7 Å². The summed E-state index contributed by atoms with van der Waals surface area (Å²) in [6.07, 6.45) is 13.3. The quantitative estimate of drug-likeness (QED) is 0.941. The summed E-state index contributed by atoms with van der Waals surface area (Å²) in [5, 5.41) is 7.30. The molecule has 6 nitrogen and oxygen atoms in total. The highest BCUT2D eigenvalue weighted by Gasteiger charge is 2.53. The van der Waals surface area contributed by atoms with Crippen LogP contribution in [0.5, 0.6) is 0 Å². The van der Waals surface area contributed by atoms with Gasteiger partial charge in [0.25, 0.3) is 0 Å². The third kappa shape index (κ3) is 3.11. The Kier molecular flexibility index (Phi) is 3.81. The molecule has 2 saturated carbocycles. The molecule has 23 heavy (non-hydrogen) atoms. The first kappa shape index (κ1) is 14.4. The van der Waals surface area contributed by atoms with Crippen LogP contribution in [0.2, 0.25) is 0 Å². The fourth-order valence-electron chi connectivity index (χ4n) is 3.85. The van der Waals surface area contributed by atoms with Gasteiger partial charge in [-0.25, -0.2) is 9.97 Å². The Hall–Kier alpha value is -2.24. The van der Waals surface area contributed by atoms with Crippen molar-refractivity contribution in [2.75, 3.05) is 5.32 Å². The molecule has 2 aliphatic rings. The molecule has 2 heterocycles. The maximum absolute atomic E-state index is 12.4. The Morgan fingerprint density at radius 3 is 2.65 bits per heavy atom. The van der Waals surface area contributed by atoms with Crippen molar-refractivity contribution < 1.29 is 4.79 Å². The van der Waals surface area contributed by atoms with Crippen LogP contribution in [-0.4, -0.2) is 25.7 Å². The van der Waals surface area contributed by atoms with E-state index < -0.39 is 0 Å². The van der Waals surface area contributed by atoms with E-state index in [2.05, 4.69) is 20.4 Å². The summed E-state index contributed by atoms with van der Waals surface area (Å²) < 4.78 is 1.75. The highest BCUT2D eigenvalue weighted by Crippen LogP contribution is 2.54. The van der Waals surface area contributed by atoms with Gasteiger partial charge in [0, 0.05) is 24.5 Å². The van der Waals surface area contributed by atoms with E-state index in [1.54, 1.807) is 29.3 Å². The van der Waals surface area contributed by atoms with Crippen LogP contribution in [-0.2, 0) is 11.3 Å². The Balaban J connectivity index is 1.35. The minimum absolute atomic E-state index is 0.164. The van der Waals surface area contributed by atoms with Gasteiger partial charge in [0.15, 0.2) is 0 Å². The molecular formula is C17H21N5O. The summed E-state index contributed by atoms with van der Waals surface area (Å²) in [6, 6.07) is 1.79. The van der Waals surface area contributed by atoms with Crippen LogP contribution < -0.4 is 5.32 Å². The molecule has 1 amide bonds. The van der Waals surface area contributed by atoms with Gasteiger partial charge in [-0.1, -0.05) is 19.3 Å². The van der Waals surface area contributed by atoms with E-state index in [1.807, 2.05) is 6.20 Å². The SMILES string of the molecule is O=C(Nc1cnn(Cc2ncccn2)c1)C1[C@H]2CCCCC[C@@H]12. The molecule has 0 aliphatic heterocycles. The minimum atomic E-state index is 0.164. The number of hydrogen-bond acceptors (Lipinski definition) is 4. The van der Waals surface area contributed by atoms with Crippen LogP contribution in [0.15, 0.2) is 30.9 Å². The van der Waals surface area contributed by atoms with E-state index in [1.165, 1.54) is 32.1 Å². The Morgan fingerprint density at radius 2 is 1.91 bits per heavy atom. The summed E-state index contributed by atoms with van der Waals surface area (Å²) in [5.74, 6) is 2.32. The molecule has 0 aromatic carbocycles. The fourth-order valence-corrected chi connectivity index (χ4v) is 3.85. The highest BCUT2D eigenvalue weighted by molar-refractivity contribution is 5.94. The van der Waals surface area contributed by atoms with Crippen LogP contribution in [0.4, 0.5) is 5.69 Å². The fraction of sp³-hybridized carbons (Fsp3) is 0.529. The first-order valence-electron chi connectivity index (χ1n) is 8.40. The molecule has 0 bridgehead atoms. The number of fused-ring (bicyclic) bond motifs is 1. The number of rotatable bonds is 4. The van der Waals surface area contributed by atoms with Crippen LogP contribution in [0.25, 0.3) is 0 Å². The zero-order chi connectivity index (χ0) is 15.6. The molecule has 2 aromatic heterocycles. The van der Waals surface area contributed by atoms with E-state index in [0.29, 0.717) is 24.2 Å². The number of carbonyl (C=O) groups excluding carboxylic acids is 1. The third-order valence-electron chi connectivity index (χ3n) is 5.03. The summed E-state index contributed by atoms with van der Waals surface area (Å²) in [5.41, 5.74) is 0.757. The first-order valence-corrected chi connectivity index (χ1v) is 8.40. The van der Waals surface area contributed by atoms with Crippen LogP contribution in [0.3, 0.4) is 0 Å². The van der Waals surface area contributed by atoms with Crippen LogP contribution >= 0.6 is 0 Å². The van der Waals surface area contributed by atoms with Gasteiger partial charge in [-0.2, -0.15) is 5.10 Å². The molecule has 3 atom stereocenters. The summed E-state index contributed by atoms with van der Waals surface area (Å²) in [6.45, 7) is 0.505. The second-order valence-corrected chi connectivity index (χ2v) is 6.57. The third-order valence-corrected chi connectivity index (χ3v) is 5.03. The molecule has 2 fully saturated rings. The normalized spacial score (nSPS) is 26.2. The predicted octanol–water partition coefficient (Wildman–Crippen LogP) is 2.49. The Bertz CT molecular complexity index is 671. The van der Waals surface area contributed by atoms with E-state index in [4.69, 9.17) is 0 Å². The van der Waals surface area contributed by atoms with E-state index in [-0.39, 0.29) is 11.8 Å². The van der Waals surface area contributed by atoms with Crippen molar-refractivity contribution in [3.63, 3.8) is 0 Å². The van der Waals surface area contributed by atoms with Gasteiger partial charge >= 0.3 is 0 Å². The molecule has 2 aromatic rings. The van der Waals surface area contributed by atoms with Crippen LogP contribution in [0.1, 0.15) is 37.9 Å². The number of amides is 1. The summed E-state index contributed by atoms with van der Waals surface area (Å²) >= 11 is 0. The monoisotopic (exact) mass is 311 g/mol. The van der Waals surface area contributed by atoms with E-state index in [9.17, 15) is 4.79 Å². The average molecular weight is 311 g/mol. The molecule has 0 saturated heterocycles. The lowest BCUT2D eigenvalue weighted by atomic mass is 10.1. The summed E-state index contributed by atoms with van der Waals surface area (Å²) in [4.78, 5) is 20.8. The zero-order valence-electron chi connectivity index (χ0n) is 13.1. The van der Waals surface area contributed by atoms with Gasteiger partial charge in [0.1, 0.15) is 12.4 Å². The van der Waals surface area contributed by atoms with Crippen molar-refractivity contribution in [1.82, 2.24) is 19.7 Å². The highest BCUT2D eigenvalue weighted by atomic mass is 16.2. The lowest BCUT2D eigenvalue weighted by molar-refractivity contribution is -0.118. The standard InChI is InChI=1S/C17H21N5O/c23-17(16-13-5-2-1-3-6-14(13)16)21-12-9-20-22(10-12)11-15-18-7-4-8-19-15/h4,7-10,13-14,16H,1-3,5-6,11H2,(H,21,23)/t13-,14+,16?. The average Bonchev–Trinajstić information content (AvgIpc) is 3.15. The molecule has 6 heteroatoms. The van der Waals surface area contributed by atoms with Crippen molar-refractivity contribution in [2.45, 2.75) is 38.6 Å². The number of anilines is 1. The van der Waals surface area contributed by atoms with Gasteiger partial charge in [-0.15, -0.1) is 0 Å². The number of aromatic nitrogens is 4. The lowest BCUT2D eigenvalue weighted by Gasteiger charge is -2.04.